The molecule has 1 N–H and O–H groups in total. The summed E-state index contributed by atoms with van der Waals surface area (Å²) in [6.07, 6.45) is -0.650. The minimum Gasteiger partial charge on any atom is -0.497 e. The summed E-state index contributed by atoms with van der Waals surface area (Å²) in [6.45, 7) is 0.162. The maximum atomic E-state index is 13.4. The van der Waals surface area contributed by atoms with Crippen LogP contribution in [0.3, 0.4) is 0 Å². The van der Waals surface area contributed by atoms with Crippen LogP contribution in [0, 0.1) is 5.82 Å². The number of ether oxygens (including phenoxy) is 1. The summed E-state index contributed by atoms with van der Waals surface area (Å²) >= 11 is 0. The van der Waals surface area contributed by atoms with E-state index in [-0.39, 0.29) is 17.3 Å². The summed E-state index contributed by atoms with van der Waals surface area (Å²) in [6, 6.07) is 19.9. The molecule has 3 aromatic carbocycles. The SMILES string of the molecule is COc1ccc(CN2[C@H](c3ccc(F)cc3)Nc3ccccc3S2(=O)=O)cc1. The number of hydrogen-bond donors (Lipinski definition) is 1. The first kappa shape index (κ1) is 18.5. The predicted molar refractivity (Wildman–Crippen MR) is 105 cm³/mol. The van der Waals surface area contributed by atoms with Crippen molar-refractivity contribution in [2.24, 2.45) is 0 Å². The summed E-state index contributed by atoms with van der Waals surface area (Å²) in [5, 5.41) is 3.28. The van der Waals surface area contributed by atoms with Gasteiger partial charge in [-0.2, -0.15) is 4.31 Å². The molecular weight excluding hydrogens is 379 g/mol. The molecule has 5 nitrogen and oxygen atoms in total. The third-order valence-corrected chi connectivity index (χ3v) is 6.61. The number of halogens is 1. The molecule has 4 rings (SSSR count). The van der Waals surface area contributed by atoms with E-state index >= 15 is 0 Å². The first-order valence-corrected chi connectivity index (χ1v) is 10.2. The lowest BCUT2D eigenvalue weighted by Crippen LogP contribution is -2.42. The van der Waals surface area contributed by atoms with Crippen molar-refractivity contribution in [2.75, 3.05) is 12.4 Å². The number of rotatable bonds is 4. The quantitative estimate of drug-likeness (QED) is 0.717. The Hall–Kier alpha value is -2.90. The molecule has 0 saturated heterocycles. The number of nitrogens with one attached hydrogen (secondary N) is 1. The fourth-order valence-electron chi connectivity index (χ4n) is 3.28. The van der Waals surface area contributed by atoms with Gasteiger partial charge in [-0.25, -0.2) is 12.8 Å². The molecule has 3 aromatic rings. The van der Waals surface area contributed by atoms with Gasteiger partial charge < -0.3 is 10.1 Å². The molecule has 1 aliphatic heterocycles. The van der Waals surface area contributed by atoms with Crippen molar-refractivity contribution in [1.82, 2.24) is 4.31 Å². The van der Waals surface area contributed by atoms with Crippen LogP contribution in [-0.4, -0.2) is 19.8 Å². The molecule has 144 valence electrons. The van der Waals surface area contributed by atoms with E-state index in [4.69, 9.17) is 4.74 Å². The van der Waals surface area contributed by atoms with Gasteiger partial charge in [0.2, 0.25) is 10.0 Å². The van der Waals surface area contributed by atoms with Crippen LogP contribution in [-0.2, 0) is 16.6 Å². The van der Waals surface area contributed by atoms with Crippen LogP contribution in [0.4, 0.5) is 10.1 Å². The number of fused-ring (bicyclic) bond motifs is 1. The average Bonchev–Trinajstić information content (AvgIpc) is 2.71. The Morgan fingerprint density at radius 2 is 1.68 bits per heavy atom. The average molecular weight is 398 g/mol. The summed E-state index contributed by atoms with van der Waals surface area (Å²) in [5.74, 6) is 0.327. The molecule has 1 heterocycles. The van der Waals surface area contributed by atoms with E-state index in [2.05, 4.69) is 5.32 Å². The van der Waals surface area contributed by atoms with Gasteiger partial charge in [-0.15, -0.1) is 0 Å². The minimum atomic E-state index is -3.76. The van der Waals surface area contributed by atoms with Crippen molar-refractivity contribution >= 4 is 15.7 Å². The van der Waals surface area contributed by atoms with Crippen molar-refractivity contribution in [1.29, 1.82) is 0 Å². The Bertz CT molecular complexity index is 1080. The zero-order valence-electron chi connectivity index (χ0n) is 15.2. The van der Waals surface area contributed by atoms with Crippen LogP contribution in [0.25, 0.3) is 0 Å². The normalized spacial score (nSPS) is 18.1. The van der Waals surface area contributed by atoms with E-state index in [1.165, 1.54) is 16.4 Å². The minimum absolute atomic E-state index is 0.162. The molecule has 1 aliphatic rings. The third-order valence-electron chi connectivity index (χ3n) is 4.74. The third kappa shape index (κ3) is 3.34. The topological polar surface area (TPSA) is 58.6 Å². The van der Waals surface area contributed by atoms with Gasteiger partial charge in [-0.1, -0.05) is 36.4 Å². The van der Waals surface area contributed by atoms with E-state index in [1.54, 1.807) is 55.6 Å². The molecule has 28 heavy (non-hydrogen) atoms. The number of benzene rings is 3. The maximum absolute atomic E-state index is 13.4. The molecule has 0 unspecified atom stereocenters. The van der Waals surface area contributed by atoms with Crippen LogP contribution >= 0.6 is 0 Å². The Kier molecular flexibility index (Phi) is 4.78. The highest BCUT2D eigenvalue weighted by molar-refractivity contribution is 7.89. The predicted octanol–water partition coefficient (Wildman–Crippen LogP) is 4.15. The van der Waals surface area contributed by atoms with Gasteiger partial charge in [0.15, 0.2) is 0 Å². The lowest BCUT2D eigenvalue weighted by Gasteiger charge is -2.37. The highest BCUT2D eigenvalue weighted by atomic mass is 32.2. The van der Waals surface area contributed by atoms with Crippen LogP contribution in [0.15, 0.2) is 77.7 Å². The number of anilines is 1. The van der Waals surface area contributed by atoms with Gasteiger partial charge in [0.25, 0.3) is 0 Å². The van der Waals surface area contributed by atoms with Gasteiger partial charge in [0, 0.05) is 6.54 Å². The van der Waals surface area contributed by atoms with E-state index in [0.29, 0.717) is 17.0 Å². The summed E-state index contributed by atoms with van der Waals surface area (Å²) in [7, 11) is -2.18. The maximum Gasteiger partial charge on any atom is 0.247 e. The Balaban J connectivity index is 1.78. The van der Waals surface area contributed by atoms with Gasteiger partial charge in [-0.05, 0) is 47.5 Å². The number of hydrogen-bond acceptors (Lipinski definition) is 4. The fraction of sp³-hybridized carbons (Fsp3) is 0.143. The van der Waals surface area contributed by atoms with Crippen molar-refractivity contribution in [2.45, 2.75) is 17.6 Å². The molecule has 0 saturated carbocycles. The largest absolute Gasteiger partial charge is 0.497 e. The van der Waals surface area contributed by atoms with Crippen molar-refractivity contribution in [3.63, 3.8) is 0 Å². The van der Waals surface area contributed by atoms with Crippen LogP contribution < -0.4 is 10.1 Å². The van der Waals surface area contributed by atoms with Crippen molar-refractivity contribution < 1.29 is 17.5 Å². The van der Waals surface area contributed by atoms with Crippen LogP contribution in [0.1, 0.15) is 17.3 Å². The molecule has 0 radical (unpaired) electrons. The van der Waals surface area contributed by atoms with Crippen LogP contribution in [0.2, 0.25) is 0 Å². The highest BCUT2D eigenvalue weighted by Crippen LogP contribution is 2.39. The van der Waals surface area contributed by atoms with Crippen molar-refractivity contribution in [3.8, 4) is 5.75 Å². The second-order valence-electron chi connectivity index (χ2n) is 6.49. The molecular formula is C21H19FN2O3S. The van der Waals surface area contributed by atoms with Crippen molar-refractivity contribution in [3.05, 3.63) is 89.7 Å². The standard InChI is InChI=1S/C21H19FN2O3S/c1-27-18-12-6-15(7-13-18)14-24-21(16-8-10-17(22)11-9-16)23-19-4-2-3-5-20(19)28(24,25)26/h2-13,21,23H,14H2,1H3/t21-/m1/s1. The van der Waals surface area contributed by atoms with E-state index in [9.17, 15) is 12.8 Å². The highest BCUT2D eigenvalue weighted by Gasteiger charge is 2.38. The number of sulfonamides is 1. The van der Waals surface area contributed by atoms with E-state index in [1.807, 2.05) is 12.1 Å². The summed E-state index contributed by atoms with van der Waals surface area (Å²) in [5.41, 5.74) is 2.01. The first-order valence-electron chi connectivity index (χ1n) is 8.75. The molecule has 0 aromatic heterocycles. The Morgan fingerprint density at radius 3 is 2.36 bits per heavy atom. The molecule has 0 bridgehead atoms. The zero-order valence-corrected chi connectivity index (χ0v) is 16.0. The molecule has 0 aliphatic carbocycles. The monoisotopic (exact) mass is 398 g/mol. The summed E-state index contributed by atoms with van der Waals surface area (Å²) in [4.78, 5) is 0.224. The zero-order chi connectivity index (χ0) is 19.7. The Morgan fingerprint density at radius 1 is 1.00 bits per heavy atom. The number of nitrogens with zero attached hydrogens (tertiary/aromatic N) is 1. The smallest absolute Gasteiger partial charge is 0.247 e. The van der Waals surface area contributed by atoms with E-state index in [0.717, 1.165) is 5.56 Å². The molecule has 0 spiro atoms. The van der Waals surface area contributed by atoms with Gasteiger partial charge >= 0.3 is 0 Å². The Labute approximate surface area is 163 Å². The second kappa shape index (κ2) is 7.26. The number of para-hydroxylation sites is 1. The lowest BCUT2D eigenvalue weighted by atomic mass is 10.1. The second-order valence-corrected chi connectivity index (χ2v) is 8.35. The summed E-state index contributed by atoms with van der Waals surface area (Å²) < 4.78 is 46.7. The van der Waals surface area contributed by atoms with Gasteiger partial charge in [0.05, 0.1) is 12.8 Å². The molecule has 1 atom stereocenters. The van der Waals surface area contributed by atoms with Gasteiger partial charge in [-0.3, -0.25) is 0 Å². The fourth-order valence-corrected chi connectivity index (χ4v) is 4.96. The lowest BCUT2D eigenvalue weighted by molar-refractivity contribution is 0.336. The molecule has 7 heteroatoms. The van der Waals surface area contributed by atoms with E-state index < -0.39 is 16.2 Å². The molecule has 0 amide bonds. The van der Waals surface area contributed by atoms with Gasteiger partial charge in [0.1, 0.15) is 22.6 Å². The first-order chi connectivity index (χ1) is 13.5. The van der Waals surface area contributed by atoms with Crippen LogP contribution in [0.5, 0.6) is 5.75 Å². The molecule has 0 fully saturated rings. The number of methoxy groups -OCH3 is 1.